The van der Waals surface area contributed by atoms with Gasteiger partial charge in [-0.1, -0.05) is 167 Å². The fourth-order valence-electron chi connectivity index (χ4n) is 5.70. The van der Waals surface area contributed by atoms with E-state index in [1.54, 1.807) is 0 Å². The number of ether oxygens (including phenoxy) is 2. The van der Waals surface area contributed by atoms with E-state index in [9.17, 15) is 14.2 Å². The lowest BCUT2D eigenvalue weighted by molar-refractivity contribution is -0.161. The van der Waals surface area contributed by atoms with E-state index in [0.717, 1.165) is 44.9 Å². The lowest BCUT2D eigenvalue weighted by Crippen LogP contribution is -2.29. The van der Waals surface area contributed by atoms with Crippen molar-refractivity contribution in [2.24, 2.45) is 0 Å². The molecule has 1 unspecified atom stereocenters. The quantitative estimate of drug-likeness (QED) is 0.0282. The Hall–Kier alpha value is -1.47. The maximum Gasteiger partial charge on any atom is 0.469 e. The Labute approximate surface area is 300 Å². The summed E-state index contributed by atoms with van der Waals surface area (Å²) in [5, 5.41) is 0. The number of unbranched alkanes of at least 4 members (excludes halogenated alkanes) is 23. The standard InChI is InChI=1S/C40H75O8P/c1-3-5-7-9-11-13-14-15-16-17-18-19-20-21-22-23-24-25-26-27-29-31-33-35-40(42)48-38(37-47-49(43,44)45)36-46-39(41)34-32-30-28-12-10-8-6-4-2/h14-15,17-18,38H,3-13,16,19-37H2,1-2H3,(H2,43,44,45)/b15-14-,18-17-. The van der Waals surface area contributed by atoms with Crippen LogP contribution in [0.4, 0.5) is 0 Å². The molecule has 0 aromatic rings. The molecule has 0 aliphatic heterocycles. The minimum absolute atomic E-state index is 0.212. The zero-order valence-electron chi connectivity index (χ0n) is 31.6. The molecule has 9 heteroatoms. The molecule has 0 radical (unpaired) electrons. The molecule has 49 heavy (non-hydrogen) atoms. The van der Waals surface area contributed by atoms with E-state index in [1.165, 1.54) is 122 Å². The molecule has 0 aliphatic rings. The molecular weight excluding hydrogens is 639 g/mol. The van der Waals surface area contributed by atoms with Gasteiger partial charge in [0.15, 0.2) is 6.10 Å². The Morgan fingerprint density at radius 2 is 0.918 bits per heavy atom. The van der Waals surface area contributed by atoms with Crippen LogP contribution in [0.5, 0.6) is 0 Å². The Morgan fingerprint density at radius 3 is 1.35 bits per heavy atom. The van der Waals surface area contributed by atoms with Crippen molar-refractivity contribution < 1.29 is 37.9 Å². The van der Waals surface area contributed by atoms with Gasteiger partial charge in [0.2, 0.25) is 0 Å². The normalized spacial score (nSPS) is 12.7. The molecular formula is C40H75O8P. The van der Waals surface area contributed by atoms with Crippen molar-refractivity contribution >= 4 is 19.8 Å². The molecule has 0 bridgehead atoms. The molecule has 0 amide bonds. The number of phosphoric ester groups is 1. The average molecular weight is 715 g/mol. The van der Waals surface area contributed by atoms with E-state index in [1.807, 2.05) is 0 Å². The van der Waals surface area contributed by atoms with Crippen LogP contribution >= 0.6 is 7.82 Å². The highest BCUT2D eigenvalue weighted by molar-refractivity contribution is 7.46. The van der Waals surface area contributed by atoms with Gasteiger partial charge in [0.25, 0.3) is 0 Å². The van der Waals surface area contributed by atoms with Crippen LogP contribution in [-0.4, -0.2) is 41.0 Å². The predicted molar refractivity (Wildman–Crippen MR) is 202 cm³/mol. The second-order valence-electron chi connectivity index (χ2n) is 13.6. The first-order valence-electron chi connectivity index (χ1n) is 20.1. The molecule has 2 N–H and O–H groups in total. The highest BCUT2D eigenvalue weighted by Crippen LogP contribution is 2.36. The van der Waals surface area contributed by atoms with Crippen LogP contribution in [0.1, 0.15) is 200 Å². The summed E-state index contributed by atoms with van der Waals surface area (Å²) in [6.07, 6.45) is 40.6. The first-order valence-corrected chi connectivity index (χ1v) is 21.7. The van der Waals surface area contributed by atoms with Gasteiger partial charge in [-0.05, 0) is 44.9 Å². The lowest BCUT2D eigenvalue weighted by Gasteiger charge is -2.18. The summed E-state index contributed by atoms with van der Waals surface area (Å²) in [5.41, 5.74) is 0. The minimum Gasteiger partial charge on any atom is -0.462 e. The van der Waals surface area contributed by atoms with Crippen LogP contribution in [0.25, 0.3) is 0 Å². The summed E-state index contributed by atoms with van der Waals surface area (Å²) in [4.78, 5) is 42.6. The summed E-state index contributed by atoms with van der Waals surface area (Å²) < 4.78 is 26.3. The molecule has 0 rings (SSSR count). The molecule has 1 atom stereocenters. The first kappa shape index (κ1) is 47.5. The number of hydrogen-bond donors (Lipinski definition) is 2. The van der Waals surface area contributed by atoms with Gasteiger partial charge in [-0.25, -0.2) is 4.57 Å². The van der Waals surface area contributed by atoms with Crippen molar-refractivity contribution in [3.63, 3.8) is 0 Å². The third-order valence-electron chi connectivity index (χ3n) is 8.72. The monoisotopic (exact) mass is 715 g/mol. The average Bonchev–Trinajstić information content (AvgIpc) is 3.07. The largest absolute Gasteiger partial charge is 0.469 e. The van der Waals surface area contributed by atoms with E-state index in [4.69, 9.17) is 19.3 Å². The topological polar surface area (TPSA) is 119 Å². The third-order valence-corrected chi connectivity index (χ3v) is 9.21. The Bertz CT molecular complexity index is 853. The van der Waals surface area contributed by atoms with Crippen LogP contribution in [0.3, 0.4) is 0 Å². The maximum atomic E-state index is 12.4. The third kappa shape index (κ3) is 39.2. The van der Waals surface area contributed by atoms with Crippen LogP contribution in [0.2, 0.25) is 0 Å². The summed E-state index contributed by atoms with van der Waals surface area (Å²) in [7, 11) is -4.74. The first-order chi connectivity index (χ1) is 23.8. The number of hydrogen-bond acceptors (Lipinski definition) is 6. The molecule has 0 fully saturated rings. The number of rotatable bonds is 37. The minimum atomic E-state index is -4.74. The van der Waals surface area contributed by atoms with Gasteiger partial charge in [0, 0.05) is 12.8 Å². The predicted octanol–water partition coefficient (Wildman–Crippen LogP) is 12.0. The molecule has 0 aromatic heterocycles. The van der Waals surface area contributed by atoms with Crippen molar-refractivity contribution in [1.82, 2.24) is 0 Å². The van der Waals surface area contributed by atoms with Crippen LogP contribution in [0, 0.1) is 0 Å². The van der Waals surface area contributed by atoms with E-state index in [0.29, 0.717) is 6.42 Å². The van der Waals surface area contributed by atoms with Crippen molar-refractivity contribution in [2.45, 2.75) is 206 Å². The zero-order chi connectivity index (χ0) is 36.1. The van der Waals surface area contributed by atoms with Gasteiger partial charge < -0.3 is 19.3 Å². The maximum absolute atomic E-state index is 12.4. The van der Waals surface area contributed by atoms with Crippen molar-refractivity contribution in [1.29, 1.82) is 0 Å². The molecule has 0 saturated carbocycles. The van der Waals surface area contributed by atoms with Crippen LogP contribution in [-0.2, 0) is 28.2 Å². The van der Waals surface area contributed by atoms with Gasteiger partial charge in [0.1, 0.15) is 6.61 Å². The fourth-order valence-corrected chi connectivity index (χ4v) is 6.06. The molecule has 288 valence electrons. The summed E-state index contributed by atoms with van der Waals surface area (Å²) in [6.45, 7) is 3.64. The summed E-state index contributed by atoms with van der Waals surface area (Å²) in [6, 6.07) is 0. The summed E-state index contributed by atoms with van der Waals surface area (Å²) in [5.74, 6) is -0.886. The second-order valence-corrected chi connectivity index (χ2v) is 14.9. The molecule has 0 aromatic carbocycles. The van der Waals surface area contributed by atoms with Crippen molar-refractivity contribution in [3.8, 4) is 0 Å². The van der Waals surface area contributed by atoms with E-state index in [2.05, 4.69) is 42.7 Å². The van der Waals surface area contributed by atoms with Gasteiger partial charge in [-0.3, -0.25) is 14.1 Å². The molecule has 8 nitrogen and oxygen atoms in total. The van der Waals surface area contributed by atoms with Crippen molar-refractivity contribution in [2.75, 3.05) is 13.2 Å². The van der Waals surface area contributed by atoms with E-state index in [-0.39, 0.29) is 19.4 Å². The Morgan fingerprint density at radius 1 is 0.531 bits per heavy atom. The van der Waals surface area contributed by atoms with E-state index < -0.39 is 32.5 Å². The SMILES string of the molecule is CCCCCCC/C=C\C/C=C\CCCCCCCCCCCCCC(=O)OC(COC(=O)CCCCCCCCCC)COP(=O)(O)O. The second kappa shape index (κ2) is 36.3. The molecule has 0 spiro atoms. The highest BCUT2D eigenvalue weighted by Gasteiger charge is 2.22. The van der Waals surface area contributed by atoms with Gasteiger partial charge in [-0.2, -0.15) is 0 Å². The Kier molecular flexibility index (Phi) is 35.2. The van der Waals surface area contributed by atoms with Crippen LogP contribution in [0.15, 0.2) is 24.3 Å². The molecule has 0 saturated heterocycles. The smallest absolute Gasteiger partial charge is 0.462 e. The van der Waals surface area contributed by atoms with Gasteiger partial charge in [0.05, 0.1) is 6.61 Å². The summed E-state index contributed by atoms with van der Waals surface area (Å²) >= 11 is 0. The number of allylic oxidation sites excluding steroid dienone is 4. The van der Waals surface area contributed by atoms with Gasteiger partial charge >= 0.3 is 19.8 Å². The number of carbonyl (C=O) groups is 2. The van der Waals surface area contributed by atoms with Crippen LogP contribution < -0.4 is 0 Å². The molecule has 0 heterocycles. The van der Waals surface area contributed by atoms with Crippen molar-refractivity contribution in [3.05, 3.63) is 24.3 Å². The number of carbonyl (C=O) groups excluding carboxylic acids is 2. The molecule has 0 aliphatic carbocycles. The lowest BCUT2D eigenvalue weighted by atomic mass is 10.0. The highest BCUT2D eigenvalue weighted by atomic mass is 31.2. The van der Waals surface area contributed by atoms with Gasteiger partial charge in [-0.15, -0.1) is 0 Å². The number of esters is 2. The number of phosphoric acid groups is 1. The fraction of sp³-hybridized carbons (Fsp3) is 0.850. The van der Waals surface area contributed by atoms with E-state index >= 15 is 0 Å². The Balaban J connectivity index is 3.81. The zero-order valence-corrected chi connectivity index (χ0v) is 32.5.